The van der Waals surface area contributed by atoms with Gasteiger partial charge in [0.05, 0.1) is 12.8 Å². The van der Waals surface area contributed by atoms with Crippen LogP contribution in [-0.4, -0.2) is 29.8 Å². The van der Waals surface area contributed by atoms with E-state index in [9.17, 15) is 4.79 Å². The highest BCUT2D eigenvalue weighted by molar-refractivity contribution is 5.77. The number of ether oxygens (including phenoxy) is 1. The largest absolute Gasteiger partial charge is 0.496 e. The lowest BCUT2D eigenvalue weighted by atomic mass is 9.69. The van der Waals surface area contributed by atoms with E-state index in [2.05, 4.69) is 58.1 Å². The van der Waals surface area contributed by atoms with E-state index in [0.717, 1.165) is 58.9 Å². The summed E-state index contributed by atoms with van der Waals surface area (Å²) in [7, 11) is 1.67. The number of aromatic nitrogens is 1. The molecule has 1 aromatic heterocycles. The molecular weight excluding hydrogens is 492 g/mol. The van der Waals surface area contributed by atoms with Gasteiger partial charge in [0.2, 0.25) is 5.91 Å². The Morgan fingerprint density at radius 1 is 1.26 bits per heavy atom. The highest BCUT2D eigenvalue weighted by Gasteiger charge is 2.35. The van der Waals surface area contributed by atoms with Gasteiger partial charge < -0.3 is 19.7 Å². The molecule has 1 aromatic carbocycles. The Kier molecular flexibility index (Phi) is 13.5. The molecule has 39 heavy (non-hydrogen) atoms. The average Bonchev–Trinajstić information content (AvgIpc) is 3.59. The van der Waals surface area contributed by atoms with Crippen LogP contribution >= 0.6 is 0 Å². The van der Waals surface area contributed by atoms with Crippen LogP contribution in [0.4, 0.5) is 0 Å². The lowest BCUT2D eigenvalue weighted by Gasteiger charge is -2.35. The topological polar surface area (TPSA) is 102 Å². The molecule has 2 aliphatic carbocycles. The molecule has 218 valence electrons. The second-order valence-electron chi connectivity index (χ2n) is 11.6. The fraction of sp³-hybridized carbons (Fsp3) is 0.656. The van der Waals surface area contributed by atoms with Crippen molar-refractivity contribution in [1.82, 2.24) is 10.5 Å². The van der Waals surface area contributed by atoms with Crippen LogP contribution in [0.5, 0.6) is 5.75 Å². The van der Waals surface area contributed by atoms with E-state index in [1.165, 1.54) is 37.7 Å². The number of carboxylic acid groups (broad SMARTS) is 1. The fourth-order valence-electron chi connectivity index (χ4n) is 5.18. The molecule has 2 N–H and O–H groups in total. The summed E-state index contributed by atoms with van der Waals surface area (Å²) in [5.74, 6) is 5.10. The van der Waals surface area contributed by atoms with Gasteiger partial charge in [0.25, 0.3) is 6.47 Å². The van der Waals surface area contributed by atoms with Gasteiger partial charge in [0.15, 0.2) is 0 Å². The molecule has 4 rings (SSSR count). The minimum Gasteiger partial charge on any atom is -0.496 e. The van der Waals surface area contributed by atoms with E-state index in [0.29, 0.717) is 18.9 Å². The first-order valence-electron chi connectivity index (χ1n) is 14.6. The van der Waals surface area contributed by atoms with Crippen molar-refractivity contribution in [2.75, 3.05) is 7.11 Å². The number of nitrogens with one attached hydrogen (secondary N) is 1. The van der Waals surface area contributed by atoms with Gasteiger partial charge in [0.1, 0.15) is 11.5 Å². The normalized spacial score (nSPS) is 18.6. The zero-order valence-corrected chi connectivity index (χ0v) is 25.1. The van der Waals surface area contributed by atoms with Crippen molar-refractivity contribution in [3.05, 3.63) is 46.3 Å². The van der Waals surface area contributed by atoms with Crippen molar-refractivity contribution in [3.63, 3.8) is 0 Å². The zero-order chi connectivity index (χ0) is 28.9. The van der Waals surface area contributed by atoms with Gasteiger partial charge in [-0.1, -0.05) is 64.7 Å². The number of hydrogen-bond acceptors (Lipinski definition) is 5. The second kappa shape index (κ2) is 16.3. The van der Waals surface area contributed by atoms with Gasteiger partial charge in [-0.2, -0.15) is 0 Å². The Balaban J connectivity index is 0.000000670. The number of hydrogen-bond donors (Lipinski definition) is 2. The highest BCUT2D eigenvalue weighted by atomic mass is 16.5. The molecule has 2 aliphatic rings. The maximum atomic E-state index is 12.7. The van der Waals surface area contributed by atoms with Crippen molar-refractivity contribution in [3.8, 4) is 5.75 Å². The smallest absolute Gasteiger partial charge is 0.290 e. The van der Waals surface area contributed by atoms with Crippen molar-refractivity contribution in [1.29, 1.82) is 0 Å². The molecular formula is C32H50N2O5. The third-order valence-electron chi connectivity index (χ3n) is 7.82. The molecule has 0 bridgehead atoms. The van der Waals surface area contributed by atoms with Gasteiger partial charge in [-0.15, -0.1) is 0 Å². The van der Waals surface area contributed by atoms with Crippen molar-refractivity contribution in [2.45, 2.75) is 111 Å². The number of aryl methyl sites for hydroxylation is 1. The summed E-state index contributed by atoms with van der Waals surface area (Å²) < 4.78 is 11.3. The minimum absolute atomic E-state index is 0.0306. The summed E-state index contributed by atoms with van der Waals surface area (Å²) in [6.07, 6.45) is 8.89. The van der Waals surface area contributed by atoms with Gasteiger partial charge in [-0.25, -0.2) is 0 Å². The van der Waals surface area contributed by atoms with Crippen LogP contribution < -0.4 is 10.1 Å². The predicted octanol–water partition coefficient (Wildman–Crippen LogP) is 7.41. The van der Waals surface area contributed by atoms with Crippen molar-refractivity contribution < 1.29 is 24.0 Å². The van der Waals surface area contributed by atoms with E-state index in [-0.39, 0.29) is 18.3 Å². The number of benzene rings is 1. The molecule has 2 aromatic rings. The molecule has 2 saturated carbocycles. The Morgan fingerprint density at radius 3 is 2.41 bits per heavy atom. The van der Waals surface area contributed by atoms with Crippen molar-refractivity contribution >= 4 is 12.4 Å². The molecule has 0 spiro atoms. The average molecular weight is 543 g/mol. The van der Waals surface area contributed by atoms with E-state index in [4.69, 9.17) is 19.2 Å². The number of methoxy groups -OCH3 is 1. The summed E-state index contributed by atoms with van der Waals surface area (Å²) in [6.45, 7) is 13.4. The standard InChI is InChI=1S/C27H40N2O3.C4H8.CH2O2/c1-7-19-9-10-22(24(14-19)31-6)16-28-25(30)15-21(8-2)26-18(5)27(32-29-26)23-12-20(13-23)11-17(3)4;1-4-2-3-4;2-1-3/h9-10,14,17,20-21,23H,7-8,11-13,15-16H2,1-6H3,(H,28,30);4H,2-3H2,1H3;1H,(H,2,3). The first-order valence-corrected chi connectivity index (χ1v) is 14.6. The number of rotatable bonds is 11. The molecule has 0 aliphatic heterocycles. The van der Waals surface area contributed by atoms with Crippen molar-refractivity contribution in [2.24, 2.45) is 17.8 Å². The molecule has 0 radical (unpaired) electrons. The summed E-state index contributed by atoms with van der Waals surface area (Å²) in [5, 5.41) is 14.4. The number of carbonyl (C=O) groups excluding carboxylic acids is 1. The fourth-order valence-corrected chi connectivity index (χ4v) is 5.18. The van der Waals surface area contributed by atoms with E-state index >= 15 is 0 Å². The maximum Gasteiger partial charge on any atom is 0.290 e. The minimum atomic E-state index is -0.250. The highest BCUT2D eigenvalue weighted by Crippen LogP contribution is 2.46. The lowest BCUT2D eigenvalue weighted by Crippen LogP contribution is -2.25. The van der Waals surface area contributed by atoms with E-state index in [1.54, 1.807) is 7.11 Å². The Morgan fingerprint density at radius 2 is 1.90 bits per heavy atom. The third kappa shape index (κ3) is 10.3. The molecule has 1 amide bonds. The summed E-state index contributed by atoms with van der Waals surface area (Å²) in [5.41, 5.74) is 4.32. The van der Waals surface area contributed by atoms with Crippen LogP contribution in [0.15, 0.2) is 22.7 Å². The van der Waals surface area contributed by atoms with E-state index < -0.39 is 0 Å². The summed E-state index contributed by atoms with van der Waals surface area (Å²) in [6, 6.07) is 6.17. The molecule has 1 unspecified atom stereocenters. The Labute approximate surface area is 235 Å². The number of nitrogens with zero attached hydrogens (tertiary/aromatic N) is 1. The summed E-state index contributed by atoms with van der Waals surface area (Å²) in [4.78, 5) is 21.1. The molecule has 7 heteroatoms. The van der Waals surface area contributed by atoms with Gasteiger partial charge in [-0.3, -0.25) is 9.59 Å². The lowest BCUT2D eigenvalue weighted by molar-refractivity contribution is -0.123. The third-order valence-corrected chi connectivity index (χ3v) is 7.82. The summed E-state index contributed by atoms with van der Waals surface area (Å²) >= 11 is 0. The maximum absolute atomic E-state index is 12.7. The van der Waals surface area contributed by atoms with E-state index in [1.807, 2.05) is 12.1 Å². The van der Waals surface area contributed by atoms with Gasteiger partial charge >= 0.3 is 0 Å². The molecule has 0 saturated heterocycles. The van der Waals surface area contributed by atoms with Crippen LogP contribution in [0.25, 0.3) is 0 Å². The predicted molar refractivity (Wildman–Crippen MR) is 155 cm³/mol. The van der Waals surface area contributed by atoms with Crippen LogP contribution in [0, 0.1) is 24.7 Å². The number of carbonyl (C=O) groups is 2. The first kappa shape index (κ1) is 32.4. The van der Waals surface area contributed by atoms with Crippen LogP contribution in [0.3, 0.4) is 0 Å². The quantitative estimate of drug-likeness (QED) is 0.287. The van der Waals surface area contributed by atoms with Gasteiger partial charge in [0, 0.05) is 35.9 Å². The number of amides is 1. The molecule has 1 heterocycles. The second-order valence-corrected chi connectivity index (χ2v) is 11.6. The monoisotopic (exact) mass is 542 g/mol. The van der Waals surface area contributed by atoms with Crippen LogP contribution in [0.1, 0.15) is 120 Å². The molecule has 2 fully saturated rings. The van der Waals surface area contributed by atoms with Crippen LogP contribution in [-0.2, 0) is 22.6 Å². The Hall–Kier alpha value is -2.83. The zero-order valence-electron chi connectivity index (χ0n) is 25.1. The first-order chi connectivity index (χ1) is 18.7. The van der Waals surface area contributed by atoms with Crippen LogP contribution in [0.2, 0.25) is 0 Å². The van der Waals surface area contributed by atoms with Gasteiger partial charge in [-0.05, 0) is 68.4 Å². The molecule has 7 nitrogen and oxygen atoms in total. The Bertz CT molecular complexity index is 1020. The SMILES string of the molecule is CC1CC1.CCc1ccc(CNC(=O)CC(CC)c2noc(C3CC(CC(C)C)C3)c2C)c(OC)c1.O=CO. The molecule has 1 atom stereocenters.